The van der Waals surface area contributed by atoms with Gasteiger partial charge in [-0.05, 0) is 18.0 Å². The standard InChI is InChI=1S/C22H23N4O4/c1-25(2)17-6-8-26(9-7-17)18(10-15(13-23)14-24)21(27)16-11-19(28-3)22(30-5)20(12-16)29-4/h6-12,23H,1-5H3/q+1/b18-10-. The van der Waals surface area contributed by atoms with Gasteiger partial charge in [0.1, 0.15) is 11.6 Å². The van der Waals surface area contributed by atoms with Crippen LogP contribution in [0, 0.1) is 16.7 Å². The number of pyridine rings is 1. The number of nitrogens with one attached hydrogen (secondary N) is 1. The quantitative estimate of drug-likeness (QED) is 0.180. The summed E-state index contributed by atoms with van der Waals surface area (Å²) in [7, 11) is 8.21. The van der Waals surface area contributed by atoms with E-state index in [2.05, 4.69) is 0 Å². The van der Waals surface area contributed by atoms with Gasteiger partial charge in [-0.15, -0.1) is 0 Å². The summed E-state index contributed by atoms with van der Waals surface area (Å²) in [6.45, 7) is 0. The molecule has 0 spiro atoms. The lowest BCUT2D eigenvalue weighted by molar-refractivity contribution is -0.576. The Hall–Kier alpha value is -4.08. The first-order valence-corrected chi connectivity index (χ1v) is 8.85. The van der Waals surface area contributed by atoms with Crippen molar-refractivity contribution < 1.29 is 23.6 Å². The number of anilines is 1. The summed E-state index contributed by atoms with van der Waals surface area (Å²) in [6, 6.07) is 8.58. The predicted octanol–water partition coefficient (Wildman–Crippen LogP) is 2.49. The minimum atomic E-state index is -0.403. The van der Waals surface area contributed by atoms with Crippen LogP contribution in [0.1, 0.15) is 10.4 Å². The summed E-state index contributed by atoms with van der Waals surface area (Å²) < 4.78 is 17.5. The molecule has 1 N–H and O–H groups in total. The largest absolute Gasteiger partial charge is 0.493 e. The smallest absolute Gasteiger partial charge is 0.260 e. The number of allylic oxidation sites excluding steroid dienone is 3. The third kappa shape index (κ3) is 4.66. The van der Waals surface area contributed by atoms with Crippen LogP contribution in [-0.2, 0) is 0 Å². The Morgan fingerprint density at radius 3 is 2.07 bits per heavy atom. The number of hydrogen-bond acceptors (Lipinski definition) is 7. The van der Waals surface area contributed by atoms with Crippen molar-refractivity contribution >= 4 is 23.0 Å². The van der Waals surface area contributed by atoms with E-state index in [9.17, 15) is 10.1 Å². The van der Waals surface area contributed by atoms with E-state index in [-0.39, 0.29) is 16.8 Å². The van der Waals surface area contributed by atoms with Crippen molar-refractivity contribution in [2.45, 2.75) is 0 Å². The maximum Gasteiger partial charge on any atom is 0.260 e. The fourth-order valence-electron chi connectivity index (χ4n) is 2.73. The first-order valence-electron chi connectivity index (χ1n) is 8.85. The topological polar surface area (TPSA) is 99.5 Å². The van der Waals surface area contributed by atoms with Crippen molar-refractivity contribution in [3.05, 3.63) is 53.9 Å². The number of nitrogens with zero attached hydrogens (tertiary/aromatic N) is 3. The van der Waals surface area contributed by atoms with E-state index in [1.807, 2.05) is 43.1 Å². The van der Waals surface area contributed by atoms with E-state index in [0.717, 1.165) is 5.69 Å². The Bertz CT molecular complexity index is 1030. The number of hydrogen-bond donors (Lipinski definition) is 1. The number of ketones is 1. The number of nitriles is 1. The fourth-order valence-corrected chi connectivity index (χ4v) is 2.73. The molecule has 8 heteroatoms. The Morgan fingerprint density at radius 1 is 1.10 bits per heavy atom. The minimum Gasteiger partial charge on any atom is -0.493 e. The molecule has 0 radical (unpaired) electrons. The first kappa shape index (κ1) is 22.2. The summed E-state index contributed by atoms with van der Waals surface area (Å²) in [6.07, 6.45) is 4.72. The molecule has 0 atom stereocenters. The van der Waals surface area contributed by atoms with Crippen molar-refractivity contribution in [2.24, 2.45) is 0 Å². The molecule has 0 aliphatic rings. The van der Waals surface area contributed by atoms with Crippen LogP contribution in [0.3, 0.4) is 0 Å². The molecule has 1 heterocycles. The molecule has 1 aromatic heterocycles. The molecule has 0 fully saturated rings. The minimum absolute atomic E-state index is 0.0880. The van der Waals surface area contributed by atoms with Gasteiger partial charge in [-0.1, -0.05) is 0 Å². The lowest BCUT2D eigenvalue weighted by Gasteiger charge is -2.14. The molecule has 2 aromatic rings. The van der Waals surface area contributed by atoms with Crippen molar-refractivity contribution in [2.75, 3.05) is 40.3 Å². The van der Waals surface area contributed by atoms with Crippen LogP contribution in [0.25, 0.3) is 5.70 Å². The van der Waals surface area contributed by atoms with Gasteiger partial charge < -0.3 is 19.1 Å². The highest BCUT2D eigenvalue weighted by Crippen LogP contribution is 2.38. The van der Waals surface area contributed by atoms with Gasteiger partial charge in [0.2, 0.25) is 5.75 Å². The molecule has 0 saturated carbocycles. The lowest BCUT2D eigenvalue weighted by atomic mass is 10.0. The Balaban J connectivity index is 2.66. The van der Waals surface area contributed by atoms with Crippen LogP contribution in [0.15, 0.2) is 48.3 Å². The molecule has 0 bridgehead atoms. The van der Waals surface area contributed by atoms with Gasteiger partial charge in [-0.2, -0.15) is 9.83 Å². The third-order valence-electron chi connectivity index (χ3n) is 4.30. The van der Waals surface area contributed by atoms with E-state index in [4.69, 9.17) is 19.6 Å². The highest BCUT2D eigenvalue weighted by molar-refractivity contribution is 6.22. The average Bonchev–Trinajstić information content (AvgIpc) is 2.78. The second-order valence-electron chi connectivity index (χ2n) is 6.28. The average molecular weight is 407 g/mol. The lowest BCUT2D eigenvalue weighted by Crippen LogP contribution is -2.36. The molecule has 2 rings (SSSR count). The Kier molecular flexibility index (Phi) is 7.34. The summed E-state index contributed by atoms with van der Waals surface area (Å²) in [5.41, 5.74) is 1.28. The molecular weight excluding hydrogens is 384 g/mol. The molecule has 0 aliphatic carbocycles. The molecule has 1 aromatic carbocycles. The summed E-state index contributed by atoms with van der Waals surface area (Å²) in [5, 5.41) is 16.5. The predicted molar refractivity (Wildman–Crippen MR) is 113 cm³/mol. The number of aromatic nitrogens is 1. The number of Topliss-reactive ketones (excluding diaryl/α,β-unsaturated/α-hetero) is 1. The number of rotatable bonds is 8. The molecule has 0 saturated heterocycles. The normalized spacial score (nSPS) is 10.5. The highest BCUT2D eigenvalue weighted by atomic mass is 16.5. The summed E-state index contributed by atoms with van der Waals surface area (Å²) in [5.74, 6) is 2.66. The van der Waals surface area contributed by atoms with Gasteiger partial charge in [0.25, 0.3) is 11.5 Å². The zero-order valence-corrected chi connectivity index (χ0v) is 17.5. The van der Waals surface area contributed by atoms with Crippen LogP contribution in [0.5, 0.6) is 17.2 Å². The zero-order valence-electron chi connectivity index (χ0n) is 17.5. The van der Waals surface area contributed by atoms with E-state index in [0.29, 0.717) is 17.2 Å². The SMILES string of the molecule is COc1cc(C(=O)/C(=C/C(=C=N)C#N)[n+]2ccc(N(C)C)cc2)cc(OC)c1OC. The van der Waals surface area contributed by atoms with Crippen LogP contribution in [0.2, 0.25) is 0 Å². The van der Waals surface area contributed by atoms with E-state index in [1.165, 1.54) is 39.5 Å². The van der Waals surface area contributed by atoms with Crippen molar-refractivity contribution in [3.8, 4) is 23.3 Å². The van der Waals surface area contributed by atoms with Gasteiger partial charge in [0.15, 0.2) is 23.9 Å². The molecule has 154 valence electrons. The van der Waals surface area contributed by atoms with Gasteiger partial charge in [-0.3, -0.25) is 10.2 Å². The van der Waals surface area contributed by atoms with Gasteiger partial charge in [0.05, 0.1) is 21.3 Å². The molecule has 0 aliphatic heterocycles. The maximum absolute atomic E-state index is 13.4. The second kappa shape index (κ2) is 9.92. The second-order valence-corrected chi connectivity index (χ2v) is 6.28. The monoisotopic (exact) mass is 407 g/mol. The highest BCUT2D eigenvalue weighted by Gasteiger charge is 2.26. The van der Waals surface area contributed by atoms with Crippen molar-refractivity contribution in [3.63, 3.8) is 0 Å². The zero-order chi connectivity index (χ0) is 22.3. The third-order valence-corrected chi connectivity index (χ3v) is 4.30. The Morgan fingerprint density at radius 2 is 1.67 bits per heavy atom. The number of benzene rings is 1. The van der Waals surface area contributed by atoms with Gasteiger partial charge in [0, 0.05) is 43.6 Å². The van der Waals surface area contributed by atoms with Crippen molar-refractivity contribution in [1.82, 2.24) is 0 Å². The van der Waals surface area contributed by atoms with Gasteiger partial charge >= 0.3 is 0 Å². The molecule has 8 nitrogen and oxygen atoms in total. The number of methoxy groups -OCH3 is 3. The number of ether oxygens (including phenoxy) is 3. The summed E-state index contributed by atoms with van der Waals surface area (Å²) >= 11 is 0. The number of carbonyl (C=O) groups is 1. The van der Waals surface area contributed by atoms with Crippen molar-refractivity contribution in [1.29, 1.82) is 10.7 Å². The van der Waals surface area contributed by atoms with Crippen LogP contribution < -0.4 is 23.7 Å². The molecule has 30 heavy (non-hydrogen) atoms. The molecule has 0 amide bonds. The Labute approximate surface area is 175 Å². The number of carbonyl (C=O) groups excluding carboxylic acids is 1. The van der Waals surface area contributed by atoms with E-state index < -0.39 is 5.78 Å². The molecule has 0 unspecified atom stereocenters. The van der Waals surface area contributed by atoms with Crippen LogP contribution >= 0.6 is 0 Å². The van der Waals surface area contributed by atoms with Crippen LogP contribution in [-0.4, -0.2) is 47.1 Å². The maximum atomic E-state index is 13.4. The van der Waals surface area contributed by atoms with Crippen LogP contribution in [0.4, 0.5) is 5.69 Å². The first-order chi connectivity index (χ1) is 14.4. The fraction of sp³-hybridized carbons (Fsp3) is 0.227. The molecular formula is C22H23N4O4+. The van der Waals surface area contributed by atoms with Gasteiger partial charge in [-0.25, -0.2) is 0 Å². The summed E-state index contributed by atoms with van der Waals surface area (Å²) in [4.78, 5) is 15.3. The van der Waals surface area contributed by atoms with E-state index >= 15 is 0 Å². The van der Waals surface area contributed by atoms with E-state index in [1.54, 1.807) is 17.0 Å².